The second kappa shape index (κ2) is 7.88. The fraction of sp³-hybridized carbons (Fsp3) is 0.364. The van der Waals surface area contributed by atoms with Crippen LogP contribution in [0.15, 0.2) is 39.9 Å². The molecule has 0 radical (unpaired) electrons. The molecule has 2 aromatic heterocycles. The molecule has 2 heterocycles. The van der Waals surface area contributed by atoms with Crippen molar-refractivity contribution in [2.45, 2.75) is 55.4 Å². The molecule has 31 heavy (non-hydrogen) atoms. The fourth-order valence-corrected chi connectivity index (χ4v) is 4.84. The van der Waals surface area contributed by atoms with Crippen LogP contribution in [0.25, 0.3) is 5.69 Å². The van der Waals surface area contributed by atoms with Crippen LogP contribution >= 0.6 is 11.8 Å². The number of nitrogens with one attached hydrogen (secondary N) is 1. The summed E-state index contributed by atoms with van der Waals surface area (Å²) in [5.41, 5.74) is 7.64. The molecular formula is C22H23N5O3S. The number of nitrogens with zero attached hydrogens (tertiary/aromatic N) is 3. The molecular weight excluding hydrogens is 414 g/mol. The van der Waals surface area contributed by atoms with Gasteiger partial charge >= 0.3 is 0 Å². The van der Waals surface area contributed by atoms with Gasteiger partial charge in [-0.15, -0.1) is 10.2 Å². The molecule has 0 aliphatic heterocycles. The number of para-hydroxylation sites is 1. The third-order valence-electron chi connectivity index (χ3n) is 5.67. The summed E-state index contributed by atoms with van der Waals surface area (Å²) in [6, 6.07) is 9.92. The molecule has 1 saturated carbocycles. The highest BCUT2D eigenvalue weighted by molar-refractivity contribution is 8.00. The average molecular weight is 438 g/mol. The molecule has 0 saturated heterocycles. The highest BCUT2D eigenvalue weighted by Gasteiger charge is 2.33. The van der Waals surface area contributed by atoms with E-state index in [0.717, 1.165) is 54.9 Å². The summed E-state index contributed by atoms with van der Waals surface area (Å²) >= 11 is 1.32. The maximum Gasteiger partial charge on any atom is 0.254 e. The van der Waals surface area contributed by atoms with Crippen molar-refractivity contribution in [3.63, 3.8) is 0 Å². The van der Waals surface area contributed by atoms with E-state index >= 15 is 0 Å². The zero-order valence-corrected chi connectivity index (χ0v) is 17.9. The monoisotopic (exact) mass is 437 g/mol. The average Bonchev–Trinajstić information content (AvgIpc) is 3.20. The third kappa shape index (κ3) is 3.74. The minimum absolute atomic E-state index is 0.151. The maximum atomic E-state index is 12.9. The number of hydrogen-bond acceptors (Lipinski definition) is 6. The lowest BCUT2D eigenvalue weighted by molar-refractivity contribution is -0.115. The van der Waals surface area contributed by atoms with Crippen LogP contribution in [0.4, 0.5) is 5.88 Å². The maximum absolute atomic E-state index is 12.9. The third-order valence-corrected chi connectivity index (χ3v) is 6.71. The number of fused-ring (bicyclic) bond motifs is 1. The molecule has 160 valence electrons. The molecule has 1 fully saturated rings. The number of carbonyl (C=O) groups is 2. The van der Waals surface area contributed by atoms with E-state index in [1.807, 2.05) is 34.9 Å². The number of aromatic nitrogens is 3. The van der Waals surface area contributed by atoms with Gasteiger partial charge in [0.05, 0.1) is 5.25 Å². The molecule has 1 unspecified atom stereocenters. The summed E-state index contributed by atoms with van der Waals surface area (Å²) in [6.45, 7) is 1.79. The van der Waals surface area contributed by atoms with Crippen LogP contribution in [0.2, 0.25) is 0 Å². The molecule has 9 heteroatoms. The lowest BCUT2D eigenvalue weighted by Gasteiger charge is -2.13. The lowest BCUT2D eigenvalue weighted by atomic mass is 10.1. The summed E-state index contributed by atoms with van der Waals surface area (Å²) in [5, 5.41) is 11.7. The van der Waals surface area contributed by atoms with Gasteiger partial charge in [0.1, 0.15) is 17.1 Å². The Hall–Kier alpha value is -3.07. The van der Waals surface area contributed by atoms with Crippen molar-refractivity contribution in [3.8, 4) is 5.69 Å². The van der Waals surface area contributed by atoms with Gasteiger partial charge in [0, 0.05) is 23.6 Å². The number of amides is 2. The number of thioether (sulfide) groups is 1. The van der Waals surface area contributed by atoms with Gasteiger partial charge in [0.25, 0.3) is 5.91 Å². The zero-order valence-electron chi connectivity index (χ0n) is 17.1. The molecule has 0 bridgehead atoms. The van der Waals surface area contributed by atoms with E-state index in [-0.39, 0.29) is 11.8 Å². The minimum atomic E-state index is -0.583. The highest BCUT2D eigenvalue weighted by Crippen LogP contribution is 2.41. The van der Waals surface area contributed by atoms with Crippen LogP contribution in [-0.4, -0.2) is 31.8 Å². The van der Waals surface area contributed by atoms with Crippen molar-refractivity contribution >= 4 is 29.5 Å². The Morgan fingerprint density at radius 2 is 2.00 bits per heavy atom. The molecule has 8 nitrogen and oxygen atoms in total. The van der Waals surface area contributed by atoms with E-state index < -0.39 is 11.2 Å². The van der Waals surface area contributed by atoms with Crippen molar-refractivity contribution < 1.29 is 14.0 Å². The topological polar surface area (TPSA) is 116 Å². The van der Waals surface area contributed by atoms with E-state index in [0.29, 0.717) is 16.6 Å². The van der Waals surface area contributed by atoms with Crippen molar-refractivity contribution in [1.29, 1.82) is 0 Å². The van der Waals surface area contributed by atoms with Gasteiger partial charge in [-0.3, -0.25) is 19.5 Å². The summed E-state index contributed by atoms with van der Waals surface area (Å²) in [6.07, 6.45) is 4.62. The van der Waals surface area contributed by atoms with Crippen LogP contribution in [0.3, 0.4) is 0 Å². The van der Waals surface area contributed by atoms with Crippen LogP contribution in [-0.2, 0) is 17.6 Å². The number of furan rings is 1. The number of aryl methyl sites for hydroxylation is 1. The summed E-state index contributed by atoms with van der Waals surface area (Å²) < 4.78 is 7.78. The van der Waals surface area contributed by atoms with E-state index in [9.17, 15) is 9.59 Å². The molecule has 3 N–H and O–H groups in total. The Morgan fingerprint density at radius 3 is 2.71 bits per heavy atom. The summed E-state index contributed by atoms with van der Waals surface area (Å²) in [5.74, 6) is 1.37. The molecule has 2 aliphatic carbocycles. The zero-order chi connectivity index (χ0) is 21.5. The van der Waals surface area contributed by atoms with Gasteiger partial charge < -0.3 is 10.2 Å². The molecule has 2 aliphatic rings. The summed E-state index contributed by atoms with van der Waals surface area (Å²) in [4.78, 5) is 24.9. The van der Waals surface area contributed by atoms with Gasteiger partial charge in [-0.1, -0.05) is 30.0 Å². The first-order valence-corrected chi connectivity index (χ1v) is 11.3. The van der Waals surface area contributed by atoms with Crippen LogP contribution in [0.5, 0.6) is 0 Å². The lowest BCUT2D eigenvalue weighted by Crippen LogP contribution is -2.24. The first kappa shape index (κ1) is 19.9. The van der Waals surface area contributed by atoms with E-state index in [2.05, 4.69) is 15.5 Å². The van der Waals surface area contributed by atoms with E-state index in [1.165, 1.54) is 11.8 Å². The summed E-state index contributed by atoms with van der Waals surface area (Å²) in [7, 11) is 0. The highest BCUT2D eigenvalue weighted by atomic mass is 32.2. The standard InChI is InChI=1S/C22H23N5O3S/c1-12(20(29)24-21-17(18(23)28)15-8-5-9-16(15)30-21)31-22-26-25-19(13-10-11-13)27(22)14-6-3-2-4-7-14/h2-4,6-7,12-13H,5,8-11H2,1H3,(H2,23,28)(H,24,29). The van der Waals surface area contributed by atoms with Gasteiger partial charge in [0.2, 0.25) is 11.8 Å². The first-order valence-electron chi connectivity index (χ1n) is 10.5. The number of rotatable bonds is 7. The smallest absolute Gasteiger partial charge is 0.254 e. The Balaban J connectivity index is 1.37. The fourth-order valence-electron chi connectivity index (χ4n) is 3.96. The number of carbonyl (C=O) groups excluding carboxylic acids is 2. The van der Waals surface area contributed by atoms with Crippen molar-refractivity contribution in [3.05, 3.63) is 53.0 Å². The van der Waals surface area contributed by atoms with Crippen molar-refractivity contribution in [2.24, 2.45) is 5.73 Å². The van der Waals surface area contributed by atoms with Gasteiger partial charge in [-0.05, 0) is 44.7 Å². The number of benzene rings is 1. The molecule has 3 aromatic rings. The van der Waals surface area contributed by atoms with Gasteiger partial charge in [-0.25, -0.2) is 0 Å². The second-order valence-corrected chi connectivity index (χ2v) is 9.27. The van der Waals surface area contributed by atoms with Crippen molar-refractivity contribution in [2.75, 3.05) is 5.32 Å². The van der Waals surface area contributed by atoms with E-state index in [1.54, 1.807) is 6.92 Å². The van der Waals surface area contributed by atoms with Gasteiger partial charge in [-0.2, -0.15) is 0 Å². The Bertz CT molecular complexity index is 1150. The minimum Gasteiger partial charge on any atom is -0.444 e. The molecule has 1 atom stereocenters. The Morgan fingerprint density at radius 1 is 1.23 bits per heavy atom. The number of nitrogens with two attached hydrogens (primary N) is 1. The Kier molecular flexibility index (Phi) is 5.05. The Labute approximate surface area is 183 Å². The van der Waals surface area contributed by atoms with Crippen LogP contribution < -0.4 is 11.1 Å². The largest absolute Gasteiger partial charge is 0.444 e. The van der Waals surface area contributed by atoms with Crippen LogP contribution in [0.1, 0.15) is 59.6 Å². The number of primary amides is 1. The van der Waals surface area contributed by atoms with Crippen molar-refractivity contribution in [1.82, 2.24) is 14.8 Å². The normalized spacial score (nSPS) is 16.2. The van der Waals surface area contributed by atoms with Gasteiger partial charge in [0.15, 0.2) is 5.16 Å². The number of hydrogen-bond donors (Lipinski definition) is 2. The van der Waals surface area contributed by atoms with E-state index in [4.69, 9.17) is 10.2 Å². The predicted octanol–water partition coefficient (Wildman–Crippen LogP) is 3.44. The SMILES string of the molecule is CC(Sc1nnc(C2CC2)n1-c1ccccc1)C(=O)Nc1oc2c(c1C(N)=O)CCC2. The molecule has 1 aromatic carbocycles. The second-order valence-electron chi connectivity index (χ2n) is 7.96. The predicted molar refractivity (Wildman–Crippen MR) is 117 cm³/mol. The van der Waals surface area contributed by atoms with Crippen LogP contribution in [0, 0.1) is 0 Å². The molecule has 5 rings (SSSR count). The quantitative estimate of drug-likeness (QED) is 0.547. The first-order chi connectivity index (χ1) is 15.0. The number of anilines is 1. The molecule has 0 spiro atoms. The molecule has 2 amide bonds.